The van der Waals surface area contributed by atoms with Crippen molar-refractivity contribution in [3.63, 3.8) is 0 Å². The molecule has 2 rings (SSSR count). The summed E-state index contributed by atoms with van der Waals surface area (Å²) < 4.78 is 5.08. The molecule has 0 aliphatic heterocycles. The minimum atomic E-state index is -1.40. The molecule has 0 atom stereocenters. The maximum atomic E-state index is 10.9. The van der Waals surface area contributed by atoms with E-state index in [1.807, 2.05) is 0 Å². The summed E-state index contributed by atoms with van der Waals surface area (Å²) in [5, 5.41) is 27.3. The van der Waals surface area contributed by atoms with Crippen LogP contribution in [0.5, 0.6) is 0 Å². The number of rotatable bonds is 4. The van der Waals surface area contributed by atoms with Gasteiger partial charge >= 0.3 is 11.7 Å². The molecule has 19 heavy (non-hydrogen) atoms. The predicted molar refractivity (Wildman–Crippen MR) is 61.0 cm³/mol. The highest BCUT2D eigenvalue weighted by Crippen LogP contribution is 2.28. The van der Waals surface area contributed by atoms with Gasteiger partial charge in [-0.05, 0) is 17.8 Å². The first kappa shape index (κ1) is 13.0. The number of nitro groups is 1. The number of aromatic nitrogens is 3. The first-order chi connectivity index (χ1) is 8.97. The van der Waals surface area contributed by atoms with Gasteiger partial charge in [0, 0.05) is 6.92 Å². The average Bonchev–Trinajstić information content (AvgIpc) is 2.74. The van der Waals surface area contributed by atoms with Crippen LogP contribution in [0, 0.1) is 17.0 Å². The number of nitrogens with zero attached hydrogens (tertiary/aromatic N) is 4. The second kappa shape index (κ2) is 5.02. The third-order valence-electron chi connectivity index (χ3n) is 1.98. The number of aryl methyl sites for hydroxylation is 1. The van der Waals surface area contributed by atoms with E-state index < -0.39 is 22.1 Å². The van der Waals surface area contributed by atoms with Crippen molar-refractivity contribution in [3.8, 4) is 0 Å². The van der Waals surface area contributed by atoms with E-state index >= 15 is 0 Å². The number of carboxylic acids is 1. The van der Waals surface area contributed by atoms with Crippen LogP contribution >= 0.6 is 11.8 Å². The van der Waals surface area contributed by atoms with Crippen molar-refractivity contribution < 1.29 is 19.2 Å². The molecule has 0 fully saturated rings. The van der Waals surface area contributed by atoms with Crippen molar-refractivity contribution in [1.82, 2.24) is 15.2 Å². The number of aromatic carboxylic acids is 1. The van der Waals surface area contributed by atoms with Gasteiger partial charge in [-0.2, -0.15) is 0 Å². The van der Waals surface area contributed by atoms with Crippen LogP contribution in [0.15, 0.2) is 26.9 Å². The minimum Gasteiger partial charge on any atom is -0.477 e. The van der Waals surface area contributed by atoms with Gasteiger partial charge in [0.05, 0.1) is 4.92 Å². The smallest absolute Gasteiger partial charge is 0.342 e. The summed E-state index contributed by atoms with van der Waals surface area (Å²) >= 11 is 0.923. The van der Waals surface area contributed by atoms with Crippen molar-refractivity contribution in [2.45, 2.75) is 17.2 Å². The van der Waals surface area contributed by atoms with Gasteiger partial charge in [0.1, 0.15) is 16.8 Å². The summed E-state index contributed by atoms with van der Waals surface area (Å²) in [6, 6.07) is 1.09. The van der Waals surface area contributed by atoms with Crippen LogP contribution in [-0.4, -0.2) is 31.2 Å². The zero-order valence-electron chi connectivity index (χ0n) is 9.43. The second-order valence-electron chi connectivity index (χ2n) is 3.29. The fourth-order valence-electron chi connectivity index (χ4n) is 1.21. The van der Waals surface area contributed by atoms with Gasteiger partial charge in [-0.15, -0.1) is 10.2 Å². The lowest BCUT2D eigenvalue weighted by Gasteiger charge is -2.00. The standard InChI is InChI=1S/C9H6N4O5S/c1-4-11-12-9(18-4)19-7-2-5(8(14)15)6(3-10-7)13(16)17/h2-3H,1H3,(H,14,15). The zero-order valence-corrected chi connectivity index (χ0v) is 10.2. The highest BCUT2D eigenvalue weighted by molar-refractivity contribution is 7.99. The number of hydrogen-bond acceptors (Lipinski definition) is 8. The number of carbonyl (C=O) groups is 1. The van der Waals surface area contributed by atoms with Gasteiger partial charge in [-0.3, -0.25) is 10.1 Å². The van der Waals surface area contributed by atoms with Crippen LogP contribution in [-0.2, 0) is 0 Å². The lowest BCUT2D eigenvalue weighted by atomic mass is 10.2. The third kappa shape index (κ3) is 2.85. The Kier molecular flexibility index (Phi) is 3.42. The lowest BCUT2D eigenvalue weighted by Crippen LogP contribution is -2.03. The molecule has 9 nitrogen and oxygen atoms in total. The highest BCUT2D eigenvalue weighted by atomic mass is 32.2. The molecule has 10 heteroatoms. The van der Waals surface area contributed by atoms with Gasteiger partial charge in [-0.25, -0.2) is 9.78 Å². The Bertz CT molecular complexity index is 656. The summed E-state index contributed by atoms with van der Waals surface area (Å²) in [5.41, 5.74) is -1.02. The average molecular weight is 282 g/mol. The minimum absolute atomic E-state index is 0.176. The van der Waals surface area contributed by atoms with E-state index in [1.165, 1.54) is 0 Å². The number of pyridine rings is 1. The van der Waals surface area contributed by atoms with Gasteiger partial charge in [0.15, 0.2) is 0 Å². The molecule has 98 valence electrons. The molecule has 0 bridgehead atoms. The van der Waals surface area contributed by atoms with Crippen LogP contribution in [0.25, 0.3) is 0 Å². The summed E-state index contributed by atoms with van der Waals surface area (Å²) in [6.45, 7) is 1.60. The number of hydrogen-bond donors (Lipinski definition) is 1. The highest BCUT2D eigenvalue weighted by Gasteiger charge is 2.21. The molecule has 0 saturated carbocycles. The van der Waals surface area contributed by atoms with Crippen molar-refractivity contribution in [3.05, 3.63) is 33.8 Å². The maximum Gasteiger partial charge on any atom is 0.342 e. The Hall–Kier alpha value is -2.49. The molecule has 1 N–H and O–H groups in total. The quantitative estimate of drug-likeness (QED) is 0.654. The molecule has 0 spiro atoms. The van der Waals surface area contributed by atoms with E-state index in [2.05, 4.69) is 15.2 Å². The molecule has 0 amide bonds. The zero-order chi connectivity index (χ0) is 14.0. The third-order valence-corrected chi connectivity index (χ3v) is 2.76. The Morgan fingerprint density at radius 2 is 2.26 bits per heavy atom. The van der Waals surface area contributed by atoms with Crippen molar-refractivity contribution in [2.75, 3.05) is 0 Å². The van der Waals surface area contributed by atoms with Crippen LogP contribution in [0.2, 0.25) is 0 Å². The molecule has 0 aliphatic rings. The molecule has 0 aromatic carbocycles. The van der Waals surface area contributed by atoms with E-state index in [9.17, 15) is 14.9 Å². The Morgan fingerprint density at radius 1 is 1.53 bits per heavy atom. The van der Waals surface area contributed by atoms with Crippen LogP contribution in [0.1, 0.15) is 16.2 Å². The molecule has 0 radical (unpaired) electrons. The summed E-state index contributed by atoms with van der Waals surface area (Å²) in [7, 11) is 0. The van der Waals surface area contributed by atoms with Crippen LogP contribution in [0.4, 0.5) is 5.69 Å². The van der Waals surface area contributed by atoms with Gasteiger partial charge in [-0.1, -0.05) is 0 Å². The van der Waals surface area contributed by atoms with Gasteiger partial charge in [0.25, 0.3) is 5.22 Å². The molecular formula is C9H6N4O5S. The van der Waals surface area contributed by atoms with Crippen molar-refractivity contribution >= 4 is 23.4 Å². The monoisotopic (exact) mass is 282 g/mol. The Balaban J connectivity index is 2.35. The summed E-state index contributed by atoms with van der Waals surface area (Å²) in [4.78, 5) is 24.6. The second-order valence-corrected chi connectivity index (χ2v) is 4.26. The topological polar surface area (TPSA) is 132 Å². The first-order valence-electron chi connectivity index (χ1n) is 4.83. The summed E-state index contributed by atoms with van der Waals surface area (Å²) in [5.74, 6) is -1.06. The largest absolute Gasteiger partial charge is 0.477 e. The maximum absolute atomic E-state index is 10.9. The fraction of sp³-hybridized carbons (Fsp3) is 0.111. The predicted octanol–water partition coefficient (Wildman–Crippen LogP) is 1.53. The SMILES string of the molecule is Cc1nnc(Sc2cc(C(=O)O)c([N+](=O)[O-])cn2)o1. The Morgan fingerprint density at radius 3 is 2.79 bits per heavy atom. The molecule has 2 heterocycles. The molecule has 2 aromatic rings. The van der Waals surface area contributed by atoms with E-state index in [1.54, 1.807) is 6.92 Å². The molecule has 0 unspecified atom stereocenters. The normalized spacial score (nSPS) is 10.4. The number of carboxylic acid groups (broad SMARTS) is 1. The van der Waals surface area contributed by atoms with Crippen molar-refractivity contribution in [1.29, 1.82) is 0 Å². The van der Waals surface area contributed by atoms with Crippen molar-refractivity contribution in [2.24, 2.45) is 0 Å². The van der Waals surface area contributed by atoms with Crippen LogP contribution in [0.3, 0.4) is 0 Å². The van der Waals surface area contributed by atoms with Gasteiger partial charge < -0.3 is 9.52 Å². The van der Waals surface area contributed by atoms with Gasteiger partial charge in [0.2, 0.25) is 5.89 Å². The first-order valence-corrected chi connectivity index (χ1v) is 5.64. The molecule has 0 saturated heterocycles. The summed E-state index contributed by atoms with van der Waals surface area (Å²) in [6.07, 6.45) is 0.884. The van der Waals surface area contributed by atoms with E-state index in [0.29, 0.717) is 5.89 Å². The lowest BCUT2D eigenvalue weighted by molar-refractivity contribution is -0.385. The van der Waals surface area contributed by atoms with E-state index in [-0.39, 0.29) is 10.2 Å². The fourth-order valence-corrected chi connectivity index (χ4v) is 1.92. The Labute approximate surface area is 109 Å². The van der Waals surface area contributed by atoms with E-state index in [4.69, 9.17) is 9.52 Å². The van der Waals surface area contributed by atoms with Crippen LogP contribution < -0.4 is 0 Å². The molecular weight excluding hydrogens is 276 g/mol. The molecule has 2 aromatic heterocycles. The van der Waals surface area contributed by atoms with E-state index in [0.717, 1.165) is 24.0 Å². The molecule has 0 aliphatic carbocycles.